The van der Waals surface area contributed by atoms with Crippen LogP contribution in [0.3, 0.4) is 0 Å². The average Bonchev–Trinajstić information content (AvgIpc) is 2.39. The number of carbonyl (C=O) groups is 1. The number of hydrogen-bond donors (Lipinski definition) is 1. The van der Waals surface area contributed by atoms with Crippen molar-refractivity contribution < 1.29 is 4.79 Å². The second-order valence-corrected chi connectivity index (χ2v) is 5.53. The zero-order chi connectivity index (χ0) is 13.8. The normalized spacial score (nSPS) is 16.3. The molecule has 0 aromatic heterocycles. The van der Waals surface area contributed by atoms with Gasteiger partial charge in [0.2, 0.25) is 0 Å². The number of benzene rings is 1. The van der Waals surface area contributed by atoms with E-state index in [-0.39, 0.29) is 6.03 Å². The summed E-state index contributed by atoms with van der Waals surface area (Å²) in [5, 5.41) is 4.22. The van der Waals surface area contributed by atoms with Crippen LogP contribution in [0.2, 0.25) is 5.02 Å². The van der Waals surface area contributed by atoms with E-state index in [4.69, 9.17) is 11.6 Å². The highest BCUT2D eigenvalue weighted by molar-refractivity contribution is 6.30. The molecule has 0 unspecified atom stereocenters. The van der Waals surface area contributed by atoms with Crippen molar-refractivity contribution in [1.82, 2.24) is 9.80 Å². The maximum absolute atomic E-state index is 11.8. The Morgan fingerprint density at radius 2 is 2.05 bits per heavy atom. The van der Waals surface area contributed by atoms with Gasteiger partial charge in [0.15, 0.2) is 0 Å². The summed E-state index contributed by atoms with van der Waals surface area (Å²) in [5.41, 5.74) is 1.05. The number of carbonyl (C=O) groups excluding carboxylic acids is 1. The zero-order valence-corrected chi connectivity index (χ0v) is 12.2. The first-order chi connectivity index (χ1) is 9.06. The van der Waals surface area contributed by atoms with Gasteiger partial charge >= 0.3 is 6.03 Å². The predicted molar refractivity (Wildman–Crippen MR) is 78.8 cm³/mol. The summed E-state index contributed by atoms with van der Waals surface area (Å²) in [6.07, 6.45) is 1.93. The molecular weight excluding hydrogens is 262 g/mol. The molecule has 2 amide bonds. The second kappa shape index (κ2) is 6.15. The highest BCUT2D eigenvalue weighted by atomic mass is 35.5. The zero-order valence-electron chi connectivity index (χ0n) is 11.4. The molecule has 4 nitrogen and oxygen atoms in total. The van der Waals surface area contributed by atoms with E-state index in [1.54, 1.807) is 19.0 Å². The van der Waals surface area contributed by atoms with Crippen molar-refractivity contribution in [2.75, 3.05) is 32.5 Å². The third-order valence-corrected chi connectivity index (χ3v) is 3.58. The fraction of sp³-hybridized carbons (Fsp3) is 0.500. The summed E-state index contributed by atoms with van der Waals surface area (Å²) < 4.78 is 0. The number of halogens is 1. The molecule has 1 saturated heterocycles. The Bertz CT molecular complexity index is 442. The van der Waals surface area contributed by atoms with E-state index < -0.39 is 0 Å². The molecule has 0 spiro atoms. The molecule has 1 fully saturated rings. The maximum Gasteiger partial charge on any atom is 0.319 e. The fourth-order valence-corrected chi connectivity index (χ4v) is 2.50. The first-order valence-corrected chi connectivity index (χ1v) is 6.92. The minimum atomic E-state index is 0.0983. The molecule has 1 N–H and O–H groups in total. The van der Waals surface area contributed by atoms with Crippen molar-refractivity contribution >= 4 is 23.3 Å². The van der Waals surface area contributed by atoms with E-state index >= 15 is 0 Å². The van der Waals surface area contributed by atoms with Crippen molar-refractivity contribution in [2.24, 2.45) is 0 Å². The van der Waals surface area contributed by atoms with E-state index in [1.807, 2.05) is 29.2 Å². The largest absolute Gasteiger partial charge is 0.382 e. The number of nitrogens with zero attached hydrogens (tertiary/aromatic N) is 2. The van der Waals surface area contributed by atoms with Crippen LogP contribution in [0.5, 0.6) is 0 Å². The van der Waals surface area contributed by atoms with Gasteiger partial charge in [-0.2, -0.15) is 0 Å². The van der Waals surface area contributed by atoms with Gasteiger partial charge in [0.05, 0.1) is 0 Å². The number of rotatable bonds is 2. The van der Waals surface area contributed by atoms with Crippen LogP contribution in [0.25, 0.3) is 0 Å². The van der Waals surface area contributed by atoms with Gasteiger partial charge < -0.3 is 15.1 Å². The van der Waals surface area contributed by atoms with E-state index in [1.165, 1.54) is 0 Å². The second-order valence-electron chi connectivity index (χ2n) is 5.09. The molecule has 1 aromatic carbocycles. The molecule has 2 rings (SSSR count). The Hall–Kier alpha value is -1.42. The van der Waals surface area contributed by atoms with Gasteiger partial charge in [-0.3, -0.25) is 0 Å². The lowest BCUT2D eigenvalue weighted by atomic mass is 10.0. The SMILES string of the molecule is CN(C)C(=O)N1CCC(Nc2cccc(Cl)c2)CC1. The number of nitrogens with one attached hydrogen (secondary N) is 1. The molecular formula is C14H20ClN3O. The third-order valence-electron chi connectivity index (χ3n) is 3.34. The molecule has 1 aliphatic rings. The Labute approximate surface area is 119 Å². The molecule has 104 valence electrons. The van der Waals surface area contributed by atoms with Gasteiger partial charge in [0, 0.05) is 43.9 Å². The van der Waals surface area contributed by atoms with Crippen LogP contribution in [-0.4, -0.2) is 49.1 Å². The van der Waals surface area contributed by atoms with Crippen molar-refractivity contribution in [3.8, 4) is 0 Å². The van der Waals surface area contributed by atoms with Crippen LogP contribution in [0.4, 0.5) is 10.5 Å². The van der Waals surface area contributed by atoms with Crippen molar-refractivity contribution in [3.63, 3.8) is 0 Å². The predicted octanol–water partition coefficient (Wildman–Crippen LogP) is 2.90. The van der Waals surface area contributed by atoms with E-state index in [2.05, 4.69) is 5.32 Å². The maximum atomic E-state index is 11.8. The Morgan fingerprint density at radius 3 is 2.63 bits per heavy atom. The van der Waals surface area contributed by atoms with Gasteiger partial charge in [-0.1, -0.05) is 17.7 Å². The van der Waals surface area contributed by atoms with Crippen molar-refractivity contribution in [2.45, 2.75) is 18.9 Å². The number of urea groups is 1. The first-order valence-electron chi connectivity index (χ1n) is 6.54. The van der Waals surface area contributed by atoms with Gasteiger partial charge in [0.1, 0.15) is 0 Å². The van der Waals surface area contributed by atoms with E-state index in [0.29, 0.717) is 6.04 Å². The molecule has 1 aliphatic heterocycles. The molecule has 0 saturated carbocycles. The first kappa shape index (κ1) is 14.0. The molecule has 0 aliphatic carbocycles. The van der Waals surface area contributed by atoms with Gasteiger partial charge in [-0.05, 0) is 31.0 Å². The summed E-state index contributed by atoms with van der Waals surface area (Å²) in [7, 11) is 3.58. The Kier molecular flexibility index (Phi) is 4.53. The summed E-state index contributed by atoms with van der Waals surface area (Å²) in [5.74, 6) is 0. The van der Waals surface area contributed by atoms with Crippen LogP contribution >= 0.6 is 11.6 Å². The molecule has 0 radical (unpaired) electrons. The Balaban J connectivity index is 1.85. The summed E-state index contributed by atoms with van der Waals surface area (Å²) >= 11 is 5.96. The monoisotopic (exact) mass is 281 g/mol. The molecule has 1 heterocycles. The van der Waals surface area contributed by atoms with Crippen LogP contribution in [0.1, 0.15) is 12.8 Å². The van der Waals surface area contributed by atoms with E-state index in [0.717, 1.165) is 36.6 Å². The minimum absolute atomic E-state index is 0.0983. The van der Waals surface area contributed by atoms with Crippen molar-refractivity contribution in [1.29, 1.82) is 0 Å². The van der Waals surface area contributed by atoms with Gasteiger partial charge in [-0.15, -0.1) is 0 Å². The fourth-order valence-electron chi connectivity index (χ4n) is 2.31. The van der Waals surface area contributed by atoms with Crippen LogP contribution < -0.4 is 5.32 Å². The van der Waals surface area contributed by atoms with Crippen LogP contribution in [-0.2, 0) is 0 Å². The highest BCUT2D eigenvalue weighted by Crippen LogP contribution is 2.20. The minimum Gasteiger partial charge on any atom is -0.382 e. The standard InChI is InChI=1S/C14H20ClN3O/c1-17(2)14(19)18-8-6-12(7-9-18)16-13-5-3-4-11(15)10-13/h3-5,10,12,16H,6-9H2,1-2H3. The third kappa shape index (κ3) is 3.77. The summed E-state index contributed by atoms with van der Waals surface area (Å²) in [4.78, 5) is 15.4. The van der Waals surface area contributed by atoms with Gasteiger partial charge in [0.25, 0.3) is 0 Å². The molecule has 5 heteroatoms. The molecule has 19 heavy (non-hydrogen) atoms. The lowest BCUT2D eigenvalue weighted by molar-refractivity contribution is 0.158. The van der Waals surface area contributed by atoms with Crippen molar-refractivity contribution in [3.05, 3.63) is 29.3 Å². The Morgan fingerprint density at radius 1 is 1.37 bits per heavy atom. The number of anilines is 1. The van der Waals surface area contributed by atoms with E-state index in [9.17, 15) is 4.79 Å². The molecule has 0 atom stereocenters. The number of hydrogen-bond acceptors (Lipinski definition) is 2. The number of likely N-dealkylation sites (tertiary alicyclic amines) is 1. The average molecular weight is 282 g/mol. The highest BCUT2D eigenvalue weighted by Gasteiger charge is 2.23. The summed E-state index contributed by atoms with van der Waals surface area (Å²) in [6, 6.07) is 8.26. The molecule has 1 aromatic rings. The summed E-state index contributed by atoms with van der Waals surface area (Å²) in [6.45, 7) is 1.60. The lowest BCUT2D eigenvalue weighted by Crippen LogP contribution is -2.46. The van der Waals surface area contributed by atoms with Crippen LogP contribution in [0.15, 0.2) is 24.3 Å². The number of piperidine rings is 1. The quantitative estimate of drug-likeness (QED) is 0.905. The van der Waals surface area contributed by atoms with Gasteiger partial charge in [-0.25, -0.2) is 4.79 Å². The van der Waals surface area contributed by atoms with Crippen LogP contribution in [0, 0.1) is 0 Å². The topological polar surface area (TPSA) is 35.6 Å². The smallest absolute Gasteiger partial charge is 0.319 e. The lowest BCUT2D eigenvalue weighted by Gasteiger charge is -2.34. The molecule has 0 bridgehead atoms. The number of amides is 2.